The Labute approximate surface area is 113 Å². The lowest BCUT2D eigenvalue weighted by atomic mass is 10.2. The van der Waals surface area contributed by atoms with Crippen molar-refractivity contribution in [2.24, 2.45) is 0 Å². The van der Waals surface area contributed by atoms with Crippen LogP contribution in [0.25, 0.3) is 32.0 Å². The van der Waals surface area contributed by atoms with Gasteiger partial charge in [-0.15, -0.1) is 11.3 Å². The van der Waals surface area contributed by atoms with Crippen molar-refractivity contribution >= 4 is 38.2 Å². The van der Waals surface area contributed by atoms with Crippen LogP contribution in [0.5, 0.6) is 0 Å². The molecule has 2 N–H and O–H groups in total. The minimum Gasteiger partial charge on any atom is -0.435 e. The average molecular weight is 266 g/mol. The summed E-state index contributed by atoms with van der Waals surface area (Å²) in [5.74, 6) is 0.654. The maximum Gasteiger partial charge on any atom is 0.237 e. The van der Waals surface area contributed by atoms with Crippen molar-refractivity contribution in [1.82, 2.24) is 4.98 Å². The SMILES string of the molecule is Nc1ccc2nc(-c3cc4ccccc4s3)oc2c1. The molecule has 0 saturated heterocycles. The first-order chi connectivity index (χ1) is 9.29. The number of fused-ring (bicyclic) bond motifs is 2. The second-order valence-corrected chi connectivity index (χ2v) is 5.48. The summed E-state index contributed by atoms with van der Waals surface area (Å²) in [7, 11) is 0. The minimum atomic E-state index is 0.654. The van der Waals surface area contributed by atoms with Crippen LogP contribution in [0.2, 0.25) is 0 Å². The quantitative estimate of drug-likeness (QED) is 0.523. The Bertz CT molecular complexity index is 858. The zero-order valence-corrected chi connectivity index (χ0v) is 10.8. The Morgan fingerprint density at radius 1 is 1.05 bits per heavy atom. The third-order valence-corrected chi connectivity index (χ3v) is 4.15. The number of aromatic nitrogens is 1. The lowest BCUT2D eigenvalue weighted by Gasteiger charge is -1.88. The van der Waals surface area contributed by atoms with Gasteiger partial charge in [0.05, 0.1) is 4.88 Å². The van der Waals surface area contributed by atoms with E-state index in [1.54, 1.807) is 17.4 Å². The van der Waals surface area contributed by atoms with Gasteiger partial charge in [-0.05, 0) is 29.7 Å². The third kappa shape index (κ3) is 1.69. The molecule has 2 aromatic carbocycles. The molecule has 0 amide bonds. The molecule has 2 heterocycles. The molecular formula is C15H10N2OS. The van der Waals surface area contributed by atoms with Gasteiger partial charge >= 0.3 is 0 Å². The predicted molar refractivity (Wildman–Crippen MR) is 79.2 cm³/mol. The largest absolute Gasteiger partial charge is 0.435 e. The zero-order valence-electron chi connectivity index (χ0n) is 9.96. The summed E-state index contributed by atoms with van der Waals surface area (Å²) >= 11 is 1.68. The second-order valence-electron chi connectivity index (χ2n) is 4.39. The number of benzene rings is 2. The van der Waals surface area contributed by atoms with Crippen molar-refractivity contribution in [2.45, 2.75) is 0 Å². The number of oxazole rings is 1. The maximum atomic E-state index is 5.78. The van der Waals surface area contributed by atoms with E-state index in [9.17, 15) is 0 Å². The standard InChI is InChI=1S/C15H10N2OS/c16-10-5-6-11-12(8-10)18-15(17-11)14-7-9-3-1-2-4-13(9)19-14/h1-8H,16H2. The molecule has 0 fully saturated rings. The third-order valence-electron chi connectivity index (χ3n) is 3.05. The van der Waals surface area contributed by atoms with E-state index in [1.165, 1.54) is 10.1 Å². The Morgan fingerprint density at radius 2 is 1.95 bits per heavy atom. The Balaban J connectivity index is 1.93. The van der Waals surface area contributed by atoms with Crippen LogP contribution in [0.15, 0.2) is 52.9 Å². The molecule has 4 aromatic rings. The number of hydrogen-bond acceptors (Lipinski definition) is 4. The summed E-state index contributed by atoms with van der Waals surface area (Å²) < 4.78 is 7.02. The molecule has 0 aliphatic carbocycles. The molecule has 0 bridgehead atoms. The fourth-order valence-corrected chi connectivity index (χ4v) is 3.12. The molecule has 19 heavy (non-hydrogen) atoms. The number of anilines is 1. The molecular weight excluding hydrogens is 256 g/mol. The summed E-state index contributed by atoms with van der Waals surface area (Å²) in [5.41, 5.74) is 8.00. The van der Waals surface area contributed by atoms with Crippen molar-refractivity contribution in [3.05, 3.63) is 48.5 Å². The van der Waals surface area contributed by atoms with Gasteiger partial charge in [0.25, 0.3) is 0 Å². The van der Waals surface area contributed by atoms with Gasteiger partial charge in [0, 0.05) is 16.5 Å². The summed E-state index contributed by atoms with van der Waals surface area (Å²) in [4.78, 5) is 5.55. The van der Waals surface area contributed by atoms with Crippen LogP contribution in [-0.4, -0.2) is 4.98 Å². The normalized spacial score (nSPS) is 11.4. The highest BCUT2D eigenvalue weighted by Crippen LogP contribution is 2.34. The Kier molecular flexibility index (Phi) is 2.13. The van der Waals surface area contributed by atoms with Crippen LogP contribution in [-0.2, 0) is 0 Å². The zero-order chi connectivity index (χ0) is 12.8. The van der Waals surface area contributed by atoms with E-state index < -0.39 is 0 Å². The molecule has 0 unspecified atom stereocenters. The maximum absolute atomic E-state index is 5.78. The molecule has 0 aliphatic rings. The van der Waals surface area contributed by atoms with Crippen molar-refractivity contribution in [3.8, 4) is 10.8 Å². The van der Waals surface area contributed by atoms with E-state index in [4.69, 9.17) is 10.2 Å². The van der Waals surface area contributed by atoms with Crippen LogP contribution < -0.4 is 5.73 Å². The van der Waals surface area contributed by atoms with Gasteiger partial charge in [-0.3, -0.25) is 0 Å². The molecule has 2 aromatic heterocycles. The number of rotatable bonds is 1. The van der Waals surface area contributed by atoms with Crippen LogP contribution in [0.3, 0.4) is 0 Å². The van der Waals surface area contributed by atoms with Gasteiger partial charge in [0.15, 0.2) is 5.58 Å². The summed E-state index contributed by atoms with van der Waals surface area (Å²) in [6.45, 7) is 0. The molecule has 0 radical (unpaired) electrons. The van der Waals surface area contributed by atoms with Crippen molar-refractivity contribution in [1.29, 1.82) is 0 Å². The average Bonchev–Trinajstić information content (AvgIpc) is 3.00. The smallest absolute Gasteiger partial charge is 0.237 e. The molecule has 4 rings (SSSR count). The molecule has 4 heteroatoms. The van der Waals surface area contributed by atoms with Crippen LogP contribution in [0.4, 0.5) is 5.69 Å². The number of hydrogen-bond donors (Lipinski definition) is 1. The summed E-state index contributed by atoms with van der Waals surface area (Å²) in [5, 5.41) is 1.21. The topological polar surface area (TPSA) is 52.0 Å². The summed E-state index contributed by atoms with van der Waals surface area (Å²) in [6, 6.07) is 15.9. The van der Waals surface area contributed by atoms with Crippen molar-refractivity contribution in [2.75, 3.05) is 5.73 Å². The second kappa shape index (κ2) is 3.83. The highest BCUT2D eigenvalue weighted by molar-refractivity contribution is 7.22. The molecule has 3 nitrogen and oxygen atoms in total. The fourth-order valence-electron chi connectivity index (χ4n) is 2.13. The van der Waals surface area contributed by atoms with Gasteiger partial charge in [0.2, 0.25) is 5.89 Å². The van der Waals surface area contributed by atoms with Crippen molar-refractivity contribution < 1.29 is 4.42 Å². The number of nitrogens with two attached hydrogens (primary N) is 1. The lowest BCUT2D eigenvalue weighted by molar-refractivity contribution is 0.622. The van der Waals surface area contributed by atoms with E-state index in [2.05, 4.69) is 23.2 Å². The predicted octanol–water partition coefficient (Wildman–Crippen LogP) is 4.29. The van der Waals surface area contributed by atoms with E-state index in [1.807, 2.05) is 24.3 Å². The van der Waals surface area contributed by atoms with E-state index in [0.29, 0.717) is 11.6 Å². The Morgan fingerprint density at radius 3 is 2.84 bits per heavy atom. The highest BCUT2D eigenvalue weighted by atomic mass is 32.1. The number of nitrogen functional groups attached to an aromatic ring is 1. The van der Waals surface area contributed by atoms with Gasteiger partial charge in [-0.25, -0.2) is 4.98 Å². The van der Waals surface area contributed by atoms with Crippen LogP contribution in [0, 0.1) is 0 Å². The van der Waals surface area contributed by atoms with Gasteiger partial charge in [0.1, 0.15) is 5.52 Å². The van der Waals surface area contributed by atoms with E-state index in [-0.39, 0.29) is 0 Å². The lowest BCUT2D eigenvalue weighted by Crippen LogP contribution is -1.81. The van der Waals surface area contributed by atoms with E-state index >= 15 is 0 Å². The van der Waals surface area contributed by atoms with Crippen molar-refractivity contribution in [3.63, 3.8) is 0 Å². The first kappa shape index (κ1) is 10.6. The first-order valence-corrected chi connectivity index (χ1v) is 6.76. The fraction of sp³-hybridized carbons (Fsp3) is 0. The molecule has 92 valence electrons. The van der Waals surface area contributed by atoms with E-state index in [0.717, 1.165) is 16.0 Å². The monoisotopic (exact) mass is 266 g/mol. The van der Waals surface area contributed by atoms with Gasteiger partial charge in [-0.2, -0.15) is 0 Å². The number of nitrogens with zero attached hydrogens (tertiary/aromatic N) is 1. The first-order valence-electron chi connectivity index (χ1n) is 5.95. The van der Waals surface area contributed by atoms with Crippen LogP contribution in [0.1, 0.15) is 0 Å². The minimum absolute atomic E-state index is 0.654. The molecule has 0 spiro atoms. The van der Waals surface area contributed by atoms with Gasteiger partial charge < -0.3 is 10.2 Å². The molecule has 0 atom stereocenters. The molecule has 0 aliphatic heterocycles. The highest BCUT2D eigenvalue weighted by Gasteiger charge is 2.11. The van der Waals surface area contributed by atoms with Gasteiger partial charge in [-0.1, -0.05) is 18.2 Å². The number of thiophene rings is 1. The summed E-state index contributed by atoms with van der Waals surface area (Å²) in [6.07, 6.45) is 0. The van der Waals surface area contributed by atoms with Crippen LogP contribution >= 0.6 is 11.3 Å². The Hall–Kier alpha value is -2.33. The molecule has 0 saturated carbocycles.